The molecule has 2 unspecified atom stereocenters. The van der Waals surface area contributed by atoms with Crippen molar-refractivity contribution in [3.8, 4) is 5.75 Å². The topological polar surface area (TPSA) is 88.5 Å². The van der Waals surface area contributed by atoms with Gasteiger partial charge in [0.1, 0.15) is 11.4 Å². The summed E-state index contributed by atoms with van der Waals surface area (Å²) in [4.78, 5) is 26.1. The van der Waals surface area contributed by atoms with Gasteiger partial charge in [0, 0.05) is 44.7 Å². The van der Waals surface area contributed by atoms with Crippen molar-refractivity contribution >= 4 is 5.91 Å². The minimum Gasteiger partial charge on any atom is -0.497 e. The van der Waals surface area contributed by atoms with Crippen LogP contribution in [-0.2, 0) is 7.05 Å². The number of rotatable bonds is 4. The second-order valence-corrected chi connectivity index (χ2v) is 7.74. The number of hydrogen-bond donors (Lipinski definition) is 2. The number of likely N-dealkylation sites (tertiary alicyclic amines) is 1. The van der Waals surface area contributed by atoms with Gasteiger partial charge in [-0.05, 0) is 42.5 Å². The van der Waals surface area contributed by atoms with Crippen LogP contribution in [0.5, 0.6) is 5.75 Å². The van der Waals surface area contributed by atoms with Gasteiger partial charge >= 0.3 is 0 Å². The highest BCUT2D eigenvalue weighted by molar-refractivity contribution is 5.92. The third kappa shape index (κ3) is 4.04. The minimum absolute atomic E-state index is 0.110. The van der Waals surface area contributed by atoms with Crippen molar-refractivity contribution in [3.63, 3.8) is 0 Å². The molecule has 2 N–H and O–H groups in total. The Morgan fingerprint density at radius 3 is 2.72 bits per heavy atom. The predicted molar refractivity (Wildman–Crippen MR) is 109 cm³/mol. The molecule has 29 heavy (non-hydrogen) atoms. The van der Waals surface area contributed by atoms with Gasteiger partial charge in [0.15, 0.2) is 0 Å². The maximum absolute atomic E-state index is 12.8. The second-order valence-electron chi connectivity index (χ2n) is 7.74. The Labute approximate surface area is 169 Å². The first-order chi connectivity index (χ1) is 14.1. The van der Waals surface area contributed by atoms with Crippen LogP contribution in [0.4, 0.5) is 0 Å². The summed E-state index contributed by atoms with van der Waals surface area (Å²) in [5.74, 6) is 1.60. The number of hydrazine groups is 1. The molecule has 0 aliphatic carbocycles. The molecule has 1 aromatic carbocycles. The van der Waals surface area contributed by atoms with E-state index in [4.69, 9.17) is 4.74 Å². The van der Waals surface area contributed by atoms with Crippen LogP contribution in [0.25, 0.3) is 0 Å². The van der Waals surface area contributed by atoms with Gasteiger partial charge in [-0.15, -0.1) is 0 Å². The summed E-state index contributed by atoms with van der Waals surface area (Å²) in [6, 6.07) is 11.5. The summed E-state index contributed by atoms with van der Waals surface area (Å²) in [5.41, 5.74) is 8.14. The molecule has 3 heterocycles. The second kappa shape index (κ2) is 8.34. The molecule has 1 aromatic heterocycles. The van der Waals surface area contributed by atoms with E-state index in [0.29, 0.717) is 36.7 Å². The van der Waals surface area contributed by atoms with Crippen molar-refractivity contribution in [2.75, 3.05) is 26.7 Å². The van der Waals surface area contributed by atoms with E-state index in [1.807, 2.05) is 17.0 Å². The molecule has 2 aliphatic heterocycles. The van der Waals surface area contributed by atoms with Crippen LogP contribution in [0.2, 0.25) is 0 Å². The number of hydrogen-bond acceptors (Lipinski definition) is 6. The van der Waals surface area contributed by atoms with Crippen molar-refractivity contribution in [2.45, 2.75) is 24.8 Å². The van der Waals surface area contributed by atoms with Crippen LogP contribution in [0.3, 0.4) is 0 Å². The number of carbonyl (C=O) groups excluding carboxylic acids is 1. The molecular formula is C21H27N5O3. The van der Waals surface area contributed by atoms with E-state index in [1.54, 1.807) is 14.2 Å². The molecule has 0 spiro atoms. The van der Waals surface area contributed by atoms with Crippen LogP contribution in [-0.4, -0.2) is 53.4 Å². The monoisotopic (exact) mass is 397 g/mol. The molecule has 2 aromatic rings. The molecule has 0 bridgehead atoms. The van der Waals surface area contributed by atoms with Crippen molar-refractivity contribution in [3.05, 3.63) is 58.0 Å². The molecule has 8 nitrogen and oxygen atoms in total. The Kier molecular flexibility index (Phi) is 5.64. The average molecular weight is 397 g/mol. The van der Waals surface area contributed by atoms with E-state index in [2.05, 4.69) is 28.1 Å². The van der Waals surface area contributed by atoms with E-state index in [0.717, 1.165) is 25.1 Å². The van der Waals surface area contributed by atoms with E-state index >= 15 is 0 Å². The molecule has 2 atom stereocenters. The lowest BCUT2D eigenvalue weighted by molar-refractivity contribution is 0.0661. The fourth-order valence-electron chi connectivity index (χ4n) is 4.40. The number of aryl methyl sites for hydroxylation is 1. The maximum Gasteiger partial charge on any atom is 0.274 e. The van der Waals surface area contributed by atoms with Gasteiger partial charge < -0.3 is 9.64 Å². The normalized spacial score (nSPS) is 22.6. The lowest BCUT2D eigenvalue weighted by Crippen LogP contribution is -2.46. The van der Waals surface area contributed by atoms with Gasteiger partial charge in [0.05, 0.1) is 7.11 Å². The fourth-order valence-corrected chi connectivity index (χ4v) is 4.40. The smallest absolute Gasteiger partial charge is 0.274 e. The van der Waals surface area contributed by atoms with Crippen LogP contribution in [0.1, 0.15) is 34.8 Å². The standard InChI is InChI=1S/C21H27N5O3/c1-25-19(27)7-6-18(24-25)21(28)26-10-8-14(9-11-26)20-17(13-22-23-20)15-4-3-5-16(12-15)29-2/h3-7,12,14,17,20,22-23H,8-11,13H2,1-2H3. The van der Waals surface area contributed by atoms with Gasteiger partial charge in [0.2, 0.25) is 0 Å². The van der Waals surface area contributed by atoms with Gasteiger partial charge in [-0.25, -0.2) is 4.68 Å². The Morgan fingerprint density at radius 1 is 1.21 bits per heavy atom. The molecular weight excluding hydrogens is 370 g/mol. The predicted octanol–water partition coefficient (Wildman–Crippen LogP) is 0.901. The molecule has 2 saturated heterocycles. The Morgan fingerprint density at radius 2 is 2.00 bits per heavy atom. The van der Waals surface area contributed by atoms with Crippen LogP contribution in [0.15, 0.2) is 41.2 Å². The molecule has 4 rings (SSSR count). The first kappa shape index (κ1) is 19.6. The number of piperidine rings is 1. The highest BCUT2D eigenvalue weighted by atomic mass is 16.5. The zero-order valence-electron chi connectivity index (χ0n) is 16.8. The quantitative estimate of drug-likeness (QED) is 0.797. The van der Waals surface area contributed by atoms with Gasteiger partial charge in [-0.3, -0.25) is 20.4 Å². The number of benzene rings is 1. The van der Waals surface area contributed by atoms with E-state index < -0.39 is 0 Å². The van der Waals surface area contributed by atoms with Gasteiger partial charge in [-0.1, -0.05) is 12.1 Å². The van der Waals surface area contributed by atoms with Crippen LogP contribution >= 0.6 is 0 Å². The van der Waals surface area contributed by atoms with Crippen LogP contribution in [0, 0.1) is 5.92 Å². The van der Waals surface area contributed by atoms with E-state index in [-0.39, 0.29) is 11.5 Å². The molecule has 1 amide bonds. The number of nitrogens with one attached hydrogen (secondary N) is 2. The number of nitrogens with zero attached hydrogens (tertiary/aromatic N) is 3. The lowest BCUT2D eigenvalue weighted by atomic mass is 9.80. The third-order valence-corrected chi connectivity index (χ3v) is 6.06. The molecule has 154 valence electrons. The average Bonchev–Trinajstić information content (AvgIpc) is 3.25. The minimum atomic E-state index is -0.219. The van der Waals surface area contributed by atoms with Gasteiger partial charge in [-0.2, -0.15) is 5.10 Å². The largest absolute Gasteiger partial charge is 0.497 e. The summed E-state index contributed by atoms with van der Waals surface area (Å²) >= 11 is 0. The molecule has 2 aliphatic rings. The number of amides is 1. The fraction of sp³-hybridized carbons (Fsp3) is 0.476. The summed E-state index contributed by atoms with van der Waals surface area (Å²) in [6.07, 6.45) is 1.86. The van der Waals surface area contributed by atoms with Crippen LogP contribution < -0.4 is 21.1 Å². The third-order valence-electron chi connectivity index (χ3n) is 6.06. The summed E-state index contributed by atoms with van der Waals surface area (Å²) in [6.45, 7) is 2.26. The highest BCUT2D eigenvalue weighted by Crippen LogP contribution is 2.33. The molecule has 0 saturated carbocycles. The van der Waals surface area contributed by atoms with Crippen molar-refractivity contribution in [1.29, 1.82) is 0 Å². The maximum atomic E-state index is 12.8. The Bertz CT molecular complexity index is 936. The Balaban J connectivity index is 1.41. The summed E-state index contributed by atoms with van der Waals surface area (Å²) in [5, 5.41) is 4.09. The van der Waals surface area contributed by atoms with Gasteiger partial charge in [0.25, 0.3) is 11.5 Å². The van der Waals surface area contributed by atoms with E-state index in [1.165, 1.54) is 22.4 Å². The van der Waals surface area contributed by atoms with Crippen molar-refractivity contribution < 1.29 is 9.53 Å². The van der Waals surface area contributed by atoms with Crippen molar-refractivity contribution in [2.24, 2.45) is 13.0 Å². The molecule has 2 fully saturated rings. The number of aromatic nitrogens is 2. The SMILES string of the molecule is COc1cccc(C2CNNC2C2CCN(C(=O)c3ccc(=O)n(C)n3)CC2)c1. The molecule has 0 radical (unpaired) electrons. The first-order valence-electron chi connectivity index (χ1n) is 10.0. The number of carbonyl (C=O) groups is 1. The zero-order valence-corrected chi connectivity index (χ0v) is 16.8. The lowest BCUT2D eigenvalue weighted by Gasteiger charge is -2.36. The number of methoxy groups -OCH3 is 1. The number of ether oxygens (including phenoxy) is 1. The highest BCUT2D eigenvalue weighted by Gasteiger charge is 2.37. The summed E-state index contributed by atoms with van der Waals surface area (Å²) < 4.78 is 6.58. The van der Waals surface area contributed by atoms with E-state index in [9.17, 15) is 9.59 Å². The zero-order chi connectivity index (χ0) is 20.4. The molecule has 8 heteroatoms. The van der Waals surface area contributed by atoms with Crippen molar-refractivity contribution in [1.82, 2.24) is 25.5 Å². The Hall–Kier alpha value is -2.71. The summed E-state index contributed by atoms with van der Waals surface area (Å²) in [7, 11) is 3.25. The first-order valence-corrected chi connectivity index (χ1v) is 10.0.